The van der Waals surface area contributed by atoms with Crippen molar-refractivity contribution in [3.8, 4) is 0 Å². The molecule has 0 radical (unpaired) electrons. The molecule has 3 aromatic rings. The van der Waals surface area contributed by atoms with Crippen LogP contribution in [0.15, 0.2) is 36.4 Å². The first kappa shape index (κ1) is 17.3. The van der Waals surface area contributed by atoms with E-state index in [0.717, 1.165) is 10.9 Å². The van der Waals surface area contributed by atoms with Crippen molar-refractivity contribution in [1.29, 1.82) is 0 Å². The van der Waals surface area contributed by atoms with Crippen molar-refractivity contribution in [1.82, 2.24) is 9.97 Å². The number of nitrogens with zero attached hydrogens (tertiary/aromatic N) is 1. The van der Waals surface area contributed by atoms with Gasteiger partial charge in [-0.25, -0.2) is 9.78 Å². The van der Waals surface area contributed by atoms with Gasteiger partial charge >= 0.3 is 5.97 Å². The second kappa shape index (κ2) is 7.13. The number of aromatic nitrogens is 2. The molecule has 2 aromatic heterocycles. The number of esters is 1. The third kappa shape index (κ3) is 3.92. The van der Waals surface area contributed by atoms with Gasteiger partial charge in [0.05, 0.1) is 15.7 Å². The number of aryl methyl sites for hydroxylation is 1. The van der Waals surface area contributed by atoms with E-state index in [9.17, 15) is 9.59 Å². The smallest absolute Gasteiger partial charge is 0.355 e. The van der Waals surface area contributed by atoms with Crippen molar-refractivity contribution in [2.45, 2.75) is 6.92 Å². The van der Waals surface area contributed by atoms with Gasteiger partial charge in [0.15, 0.2) is 12.4 Å². The molecule has 1 amide bonds. The van der Waals surface area contributed by atoms with Crippen molar-refractivity contribution in [3.05, 3.63) is 57.8 Å². The minimum atomic E-state index is -0.627. The average molecular weight is 378 g/mol. The summed E-state index contributed by atoms with van der Waals surface area (Å²) in [5.74, 6) is -1.02. The highest BCUT2D eigenvalue weighted by atomic mass is 35.5. The molecule has 25 heavy (non-hydrogen) atoms. The Morgan fingerprint density at radius 3 is 2.72 bits per heavy atom. The summed E-state index contributed by atoms with van der Waals surface area (Å²) in [6, 6.07) is 10.6. The average Bonchev–Trinajstić information content (AvgIpc) is 3.02. The number of H-pyrrole nitrogens is 1. The summed E-state index contributed by atoms with van der Waals surface area (Å²) in [6.07, 6.45) is 0. The minimum Gasteiger partial charge on any atom is -0.451 e. The molecule has 128 valence electrons. The van der Waals surface area contributed by atoms with Gasteiger partial charge in [-0.05, 0) is 25.1 Å². The lowest BCUT2D eigenvalue weighted by molar-refractivity contribution is -0.119. The van der Waals surface area contributed by atoms with Gasteiger partial charge in [0.2, 0.25) is 0 Å². The van der Waals surface area contributed by atoms with Crippen LogP contribution < -0.4 is 5.32 Å². The van der Waals surface area contributed by atoms with Gasteiger partial charge in [-0.3, -0.25) is 4.79 Å². The van der Waals surface area contributed by atoms with Crippen LogP contribution in [0.5, 0.6) is 0 Å². The van der Waals surface area contributed by atoms with Crippen LogP contribution in [-0.4, -0.2) is 28.5 Å². The van der Waals surface area contributed by atoms with Crippen molar-refractivity contribution in [2.24, 2.45) is 0 Å². The highest BCUT2D eigenvalue weighted by Gasteiger charge is 2.15. The summed E-state index contributed by atoms with van der Waals surface area (Å²) in [5, 5.41) is 3.96. The first-order valence-electron chi connectivity index (χ1n) is 7.31. The number of anilines is 1. The lowest BCUT2D eigenvalue weighted by Crippen LogP contribution is -2.22. The molecule has 0 atom stereocenters. The molecule has 0 aliphatic rings. The van der Waals surface area contributed by atoms with E-state index in [-0.39, 0.29) is 16.5 Å². The Bertz CT molecular complexity index is 936. The summed E-state index contributed by atoms with van der Waals surface area (Å²) in [5.41, 5.74) is 1.61. The molecule has 0 aliphatic carbocycles. The number of fused-ring (bicyclic) bond motifs is 1. The number of hydrogen-bond donors (Lipinski definition) is 2. The van der Waals surface area contributed by atoms with Crippen LogP contribution in [-0.2, 0) is 9.53 Å². The second-order valence-electron chi connectivity index (χ2n) is 5.28. The van der Waals surface area contributed by atoms with Crippen molar-refractivity contribution in [3.63, 3.8) is 0 Å². The van der Waals surface area contributed by atoms with Crippen molar-refractivity contribution >= 4 is 51.8 Å². The molecular formula is C17H13Cl2N3O3. The Labute approximate surface area is 153 Å². The maximum absolute atomic E-state index is 12.0. The number of hydrogen-bond acceptors (Lipinski definition) is 4. The number of pyridine rings is 1. The third-order valence-electron chi connectivity index (χ3n) is 3.45. The number of ether oxygens (including phenoxy) is 1. The zero-order valence-electron chi connectivity index (χ0n) is 13.1. The molecule has 6 nitrogen and oxygen atoms in total. The highest BCUT2D eigenvalue weighted by Crippen LogP contribution is 2.25. The third-order valence-corrected chi connectivity index (χ3v) is 4.12. The van der Waals surface area contributed by atoms with E-state index in [2.05, 4.69) is 15.3 Å². The molecule has 0 saturated heterocycles. The summed E-state index contributed by atoms with van der Waals surface area (Å²) in [6.45, 7) is 1.22. The summed E-state index contributed by atoms with van der Waals surface area (Å²) in [7, 11) is 0. The van der Waals surface area contributed by atoms with Gasteiger partial charge in [0, 0.05) is 10.9 Å². The van der Waals surface area contributed by atoms with E-state index in [1.54, 1.807) is 13.0 Å². The summed E-state index contributed by atoms with van der Waals surface area (Å²) < 4.78 is 5.01. The quantitative estimate of drug-likeness (QED) is 0.673. The number of carbonyl (C=O) groups excluding carboxylic acids is 2. The molecule has 0 bridgehead atoms. The number of amides is 1. The SMILES string of the molecule is Cc1nc(NC(=O)COC(=O)c2cc3ccccc3[nH]2)c(Cl)cc1Cl. The fourth-order valence-corrected chi connectivity index (χ4v) is 2.61. The molecule has 2 N–H and O–H groups in total. The molecule has 1 aromatic carbocycles. The van der Waals surface area contributed by atoms with Gasteiger partial charge in [-0.1, -0.05) is 41.4 Å². The van der Waals surface area contributed by atoms with Gasteiger partial charge in [0.25, 0.3) is 5.91 Å². The monoisotopic (exact) mass is 377 g/mol. The Morgan fingerprint density at radius 1 is 1.20 bits per heavy atom. The molecule has 8 heteroatoms. The normalized spacial score (nSPS) is 10.7. The molecule has 0 saturated carbocycles. The number of benzene rings is 1. The maximum atomic E-state index is 12.0. The van der Waals surface area contributed by atoms with Crippen LogP contribution in [0.3, 0.4) is 0 Å². The predicted octanol–water partition coefficient (Wildman–Crippen LogP) is 3.97. The summed E-state index contributed by atoms with van der Waals surface area (Å²) in [4.78, 5) is 31.0. The standard InChI is InChI=1S/C17H13Cl2N3O3/c1-9-11(18)7-12(19)16(20-9)22-15(23)8-25-17(24)14-6-10-4-2-3-5-13(10)21-14/h2-7,21H,8H2,1H3,(H,20,22,23). The van der Waals surface area contributed by atoms with Crippen LogP contribution in [0.1, 0.15) is 16.2 Å². The predicted molar refractivity (Wildman–Crippen MR) is 96.2 cm³/mol. The van der Waals surface area contributed by atoms with Crippen LogP contribution in [0.4, 0.5) is 5.82 Å². The number of para-hydroxylation sites is 1. The molecule has 0 fully saturated rings. The largest absolute Gasteiger partial charge is 0.451 e. The number of halogens is 2. The number of nitrogens with one attached hydrogen (secondary N) is 2. The fraction of sp³-hybridized carbons (Fsp3) is 0.118. The lowest BCUT2D eigenvalue weighted by Gasteiger charge is -2.08. The topological polar surface area (TPSA) is 84.1 Å². The van der Waals surface area contributed by atoms with Crippen molar-refractivity contribution in [2.75, 3.05) is 11.9 Å². The van der Waals surface area contributed by atoms with E-state index in [4.69, 9.17) is 27.9 Å². The maximum Gasteiger partial charge on any atom is 0.355 e. The Hall–Kier alpha value is -2.57. The van der Waals surface area contributed by atoms with Crippen LogP contribution in [0.2, 0.25) is 10.0 Å². The minimum absolute atomic E-state index is 0.162. The first-order chi connectivity index (χ1) is 11.9. The van der Waals surface area contributed by atoms with Gasteiger partial charge in [0.1, 0.15) is 5.69 Å². The Balaban J connectivity index is 1.62. The van der Waals surface area contributed by atoms with Gasteiger partial charge in [-0.15, -0.1) is 0 Å². The lowest BCUT2D eigenvalue weighted by atomic mass is 10.2. The molecular weight excluding hydrogens is 365 g/mol. The van der Waals surface area contributed by atoms with Crippen LogP contribution >= 0.6 is 23.2 Å². The molecule has 0 aliphatic heterocycles. The fourth-order valence-electron chi connectivity index (χ4n) is 2.21. The second-order valence-corrected chi connectivity index (χ2v) is 6.10. The molecule has 3 rings (SSSR count). The van der Waals surface area contributed by atoms with Crippen LogP contribution in [0, 0.1) is 6.92 Å². The van der Waals surface area contributed by atoms with E-state index in [0.29, 0.717) is 10.7 Å². The molecule has 0 spiro atoms. The number of aromatic amines is 1. The van der Waals surface area contributed by atoms with E-state index < -0.39 is 18.5 Å². The number of carbonyl (C=O) groups is 2. The van der Waals surface area contributed by atoms with Crippen LogP contribution in [0.25, 0.3) is 10.9 Å². The van der Waals surface area contributed by atoms with Crippen molar-refractivity contribution < 1.29 is 14.3 Å². The summed E-state index contributed by atoms with van der Waals surface area (Å²) >= 11 is 11.9. The highest BCUT2D eigenvalue weighted by molar-refractivity contribution is 6.36. The first-order valence-corrected chi connectivity index (χ1v) is 8.07. The van der Waals surface area contributed by atoms with E-state index in [1.807, 2.05) is 24.3 Å². The van der Waals surface area contributed by atoms with Gasteiger partial charge in [-0.2, -0.15) is 0 Å². The number of rotatable bonds is 4. The zero-order chi connectivity index (χ0) is 18.0. The zero-order valence-corrected chi connectivity index (χ0v) is 14.6. The molecule has 0 unspecified atom stereocenters. The molecule has 2 heterocycles. The van der Waals surface area contributed by atoms with E-state index >= 15 is 0 Å². The Morgan fingerprint density at radius 2 is 1.96 bits per heavy atom. The van der Waals surface area contributed by atoms with Gasteiger partial charge < -0.3 is 15.0 Å². The Kier molecular flexibility index (Phi) is 4.92. The van der Waals surface area contributed by atoms with E-state index in [1.165, 1.54) is 6.07 Å².